The van der Waals surface area contributed by atoms with Gasteiger partial charge >= 0.3 is 7.75 Å². The lowest BCUT2D eigenvalue weighted by Crippen LogP contribution is -2.38. The fourth-order valence-electron chi connectivity index (χ4n) is 3.48. The van der Waals surface area contributed by atoms with Gasteiger partial charge in [0.15, 0.2) is 0 Å². The highest BCUT2D eigenvalue weighted by Crippen LogP contribution is 2.44. The van der Waals surface area contributed by atoms with Crippen LogP contribution >= 0.6 is 19.3 Å². The fourth-order valence-corrected chi connectivity index (χ4v) is 4.04. The lowest BCUT2D eigenvalue weighted by atomic mass is 9.66. The maximum absolute atomic E-state index is 13.7. The molecule has 0 aliphatic carbocycles. The first-order valence-corrected chi connectivity index (χ1v) is 10.8. The van der Waals surface area contributed by atoms with Crippen molar-refractivity contribution in [1.29, 1.82) is 0 Å². The molecular formula is C21H18ClF2N2O3P. The van der Waals surface area contributed by atoms with E-state index in [0.717, 1.165) is 0 Å². The number of benzene rings is 3. The Labute approximate surface area is 177 Å². The minimum Gasteiger partial charge on any atom is -0.307 e. The third-order valence-corrected chi connectivity index (χ3v) is 5.41. The largest absolute Gasteiger partial charge is 0.443 e. The van der Waals surface area contributed by atoms with Gasteiger partial charge in [0.2, 0.25) is 0 Å². The van der Waals surface area contributed by atoms with Gasteiger partial charge in [-0.3, -0.25) is 0 Å². The molecule has 9 heteroatoms. The average Bonchev–Trinajstić information content (AvgIpc) is 2.70. The van der Waals surface area contributed by atoms with Gasteiger partial charge in [0.25, 0.3) is 0 Å². The molecule has 0 unspecified atom stereocenters. The quantitative estimate of drug-likeness (QED) is 0.213. The molecule has 0 aromatic heterocycles. The van der Waals surface area contributed by atoms with E-state index in [9.17, 15) is 23.1 Å². The van der Waals surface area contributed by atoms with Crippen molar-refractivity contribution in [1.82, 2.24) is 5.20 Å². The Morgan fingerprint density at radius 1 is 0.933 bits per heavy atom. The van der Waals surface area contributed by atoms with E-state index in [2.05, 4.69) is 5.10 Å². The maximum atomic E-state index is 13.7. The number of halogens is 3. The summed E-state index contributed by atoms with van der Waals surface area (Å²) in [6.07, 6.45) is 0. The molecule has 0 radical (unpaired) electrons. The highest BCUT2D eigenvalue weighted by Gasteiger charge is 2.41. The van der Waals surface area contributed by atoms with Crippen LogP contribution in [0.15, 0.2) is 77.9 Å². The van der Waals surface area contributed by atoms with Crippen molar-refractivity contribution in [3.8, 4) is 0 Å². The van der Waals surface area contributed by atoms with Crippen LogP contribution in [0.4, 0.5) is 8.78 Å². The number of hydrazone groups is 1. The lowest BCUT2D eigenvalue weighted by Gasteiger charge is -2.36. The molecule has 0 aliphatic heterocycles. The summed E-state index contributed by atoms with van der Waals surface area (Å²) in [7, 11) is -4.68. The van der Waals surface area contributed by atoms with Crippen molar-refractivity contribution in [2.24, 2.45) is 5.10 Å². The topological polar surface area (TPSA) is 81.9 Å². The molecule has 156 valence electrons. The predicted molar refractivity (Wildman–Crippen MR) is 112 cm³/mol. The summed E-state index contributed by atoms with van der Waals surface area (Å²) in [5, 5.41) is 6.13. The van der Waals surface area contributed by atoms with Crippen LogP contribution in [0.3, 0.4) is 0 Å². The standard InChI is InChI=1S/C21H18ClF2N2O3P/c1-14(25-26-30(27,28)29)21(15-6-10-17(23)11-7-15,16-8-12-18(24)13-9-16)19-4-2-3-5-20(19)22/h2-13H,1H3,(H3,26,27,28,29). The Bertz CT molecular complexity index is 1070. The van der Waals surface area contributed by atoms with Crippen LogP contribution in [0.5, 0.6) is 0 Å². The minimum atomic E-state index is -4.68. The zero-order valence-corrected chi connectivity index (χ0v) is 17.4. The summed E-state index contributed by atoms with van der Waals surface area (Å²) in [6.45, 7) is 1.55. The van der Waals surface area contributed by atoms with E-state index < -0.39 is 24.8 Å². The first-order valence-electron chi connectivity index (χ1n) is 8.79. The highest BCUT2D eigenvalue weighted by atomic mass is 35.5. The molecule has 0 spiro atoms. The normalized spacial score (nSPS) is 12.7. The van der Waals surface area contributed by atoms with Crippen LogP contribution in [0.1, 0.15) is 23.6 Å². The molecule has 0 amide bonds. The Morgan fingerprint density at radius 3 is 1.83 bits per heavy atom. The Balaban J connectivity index is 2.42. The van der Waals surface area contributed by atoms with Crippen molar-refractivity contribution in [3.63, 3.8) is 0 Å². The van der Waals surface area contributed by atoms with Crippen molar-refractivity contribution >= 4 is 25.1 Å². The number of rotatable bonds is 6. The first-order chi connectivity index (χ1) is 14.1. The van der Waals surface area contributed by atoms with Crippen LogP contribution < -0.4 is 5.20 Å². The molecule has 3 aromatic carbocycles. The van der Waals surface area contributed by atoms with Gasteiger partial charge in [-0.05, 0) is 53.9 Å². The number of nitrogens with one attached hydrogen (secondary N) is 1. The van der Waals surface area contributed by atoms with Gasteiger partial charge < -0.3 is 9.79 Å². The molecule has 3 aromatic rings. The summed E-state index contributed by atoms with van der Waals surface area (Å²) >= 11 is 6.53. The van der Waals surface area contributed by atoms with Gasteiger partial charge in [0.05, 0.1) is 11.1 Å². The Morgan fingerprint density at radius 2 is 1.40 bits per heavy atom. The summed E-state index contributed by atoms with van der Waals surface area (Å²) in [6, 6.07) is 18.0. The van der Waals surface area contributed by atoms with Gasteiger partial charge in [-0.2, -0.15) is 5.10 Å². The molecule has 3 N–H and O–H groups in total. The molecule has 0 bridgehead atoms. The van der Waals surface area contributed by atoms with Crippen LogP contribution in [-0.2, 0) is 9.98 Å². The molecule has 5 nitrogen and oxygen atoms in total. The molecule has 0 fully saturated rings. The number of hydrogen-bond donors (Lipinski definition) is 3. The van der Waals surface area contributed by atoms with E-state index in [-0.39, 0.29) is 5.71 Å². The first kappa shape index (κ1) is 22.1. The van der Waals surface area contributed by atoms with Crippen molar-refractivity contribution in [2.75, 3.05) is 0 Å². The van der Waals surface area contributed by atoms with Gasteiger partial charge in [0.1, 0.15) is 11.6 Å². The molecule has 30 heavy (non-hydrogen) atoms. The fraction of sp³-hybridized carbons (Fsp3) is 0.0952. The SMILES string of the molecule is CC(=NNP(=O)(O)O)C(c1ccc(F)cc1)(c1ccc(F)cc1)c1ccccc1Cl. The van der Waals surface area contributed by atoms with Gasteiger partial charge in [-0.1, -0.05) is 54.1 Å². The summed E-state index contributed by atoms with van der Waals surface area (Å²) < 4.78 is 38.8. The van der Waals surface area contributed by atoms with E-state index in [4.69, 9.17) is 11.6 Å². The van der Waals surface area contributed by atoms with Crippen molar-refractivity contribution < 1.29 is 23.1 Å². The Kier molecular flexibility index (Phi) is 6.38. The molecule has 0 aliphatic rings. The van der Waals surface area contributed by atoms with Crippen LogP contribution in [0, 0.1) is 11.6 Å². The van der Waals surface area contributed by atoms with Crippen molar-refractivity contribution in [3.05, 3.63) is 106 Å². The lowest BCUT2D eigenvalue weighted by molar-refractivity contribution is 0.358. The summed E-state index contributed by atoms with van der Waals surface area (Å²) in [4.78, 5) is 18.5. The minimum absolute atomic E-state index is 0.206. The van der Waals surface area contributed by atoms with E-state index in [1.807, 2.05) is 5.20 Å². The molecule has 0 saturated carbocycles. The molecule has 0 heterocycles. The third kappa shape index (κ3) is 4.45. The second kappa shape index (κ2) is 8.66. The number of hydrogen-bond acceptors (Lipinski definition) is 2. The highest BCUT2D eigenvalue weighted by molar-refractivity contribution is 7.49. The molecule has 3 rings (SSSR count). The maximum Gasteiger partial charge on any atom is 0.443 e. The van der Waals surface area contributed by atoms with Crippen molar-refractivity contribution in [2.45, 2.75) is 12.3 Å². The van der Waals surface area contributed by atoms with E-state index in [1.54, 1.807) is 31.2 Å². The second-order valence-electron chi connectivity index (χ2n) is 6.58. The summed E-state index contributed by atoms with van der Waals surface area (Å²) in [5.74, 6) is -0.928. The monoisotopic (exact) mass is 450 g/mol. The summed E-state index contributed by atoms with van der Waals surface area (Å²) in [5.41, 5.74) is 0.493. The van der Waals surface area contributed by atoms with Gasteiger partial charge in [-0.15, -0.1) is 0 Å². The van der Waals surface area contributed by atoms with Crippen LogP contribution in [-0.4, -0.2) is 15.5 Å². The molecular weight excluding hydrogens is 433 g/mol. The van der Waals surface area contributed by atoms with Crippen LogP contribution in [0.25, 0.3) is 0 Å². The predicted octanol–water partition coefficient (Wildman–Crippen LogP) is 5.01. The second-order valence-corrected chi connectivity index (χ2v) is 8.28. The van der Waals surface area contributed by atoms with E-state index in [0.29, 0.717) is 21.7 Å². The van der Waals surface area contributed by atoms with Gasteiger partial charge in [0, 0.05) is 5.02 Å². The zero-order valence-electron chi connectivity index (χ0n) is 15.8. The Hall–Kier alpha value is -2.57. The van der Waals surface area contributed by atoms with Crippen LogP contribution in [0.2, 0.25) is 5.02 Å². The molecule has 0 saturated heterocycles. The number of nitrogens with zero attached hydrogens (tertiary/aromatic N) is 1. The average molecular weight is 451 g/mol. The molecule has 0 atom stereocenters. The third-order valence-electron chi connectivity index (χ3n) is 4.72. The van der Waals surface area contributed by atoms with E-state index in [1.165, 1.54) is 48.5 Å². The zero-order chi connectivity index (χ0) is 21.9. The smallest absolute Gasteiger partial charge is 0.307 e. The van der Waals surface area contributed by atoms with E-state index >= 15 is 0 Å². The van der Waals surface area contributed by atoms with Gasteiger partial charge in [-0.25, -0.2) is 18.5 Å².